The minimum atomic E-state index is -0.339. The number of benzene rings is 2. The number of nitrogens with zero attached hydrogens (tertiary/aromatic N) is 3. The van der Waals surface area contributed by atoms with Gasteiger partial charge in [0.25, 0.3) is 0 Å². The Labute approximate surface area is 185 Å². The zero-order valence-corrected chi connectivity index (χ0v) is 19.1. The second-order valence-corrected chi connectivity index (χ2v) is 7.51. The average molecular weight is 424 g/mol. The van der Waals surface area contributed by atoms with Gasteiger partial charge in [-0.1, -0.05) is 25.1 Å². The van der Waals surface area contributed by atoms with Crippen molar-refractivity contribution in [2.45, 2.75) is 46.6 Å². The fraction of sp³-hybridized carbons (Fsp3) is 0.417. The van der Waals surface area contributed by atoms with Crippen molar-refractivity contribution in [1.82, 2.24) is 5.01 Å². The van der Waals surface area contributed by atoms with Gasteiger partial charge in [0.05, 0.1) is 25.6 Å². The highest BCUT2D eigenvalue weighted by Crippen LogP contribution is 2.35. The zero-order valence-electron chi connectivity index (χ0n) is 19.1. The van der Waals surface area contributed by atoms with Crippen LogP contribution in [0.2, 0.25) is 0 Å². The number of carbonyl (C=O) groups excluding carboxylic acids is 1. The Morgan fingerprint density at radius 3 is 2.52 bits per heavy atom. The van der Waals surface area contributed by atoms with E-state index in [1.54, 1.807) is 7.11 Å². The summed E-state index contributed by atoms with van der Waals surface area (Å²) in [5, 5.41) is 13.6. The highest BCUT2D eigenvalue weighted by atomic mass is 16.5. The molecule has 3 N–H and O–H groups in total. The summed E-state index contributed by atoms with van der Waals surface area (Å²) in [6.07, 6.45) is 1.12. The van der Waals surface area contributed by atoms with Crippen molar-refractivity contribution >= 4 is 17.4 Å². The van der Waals surface area contributed by atoms with Gasteiger partial charge in [-0.15, -0.1) is 0 Å². The number of hydrogen-bond acceptors (Lipinski definition) is 5. The summed E-state index contributed by atoms with van der Waals surface area (Å²) in [7, 11) is 1.65. The van der Waals surface area contributed by atoms with Crippen molar-refractivity contribution in [3.05, 3.63) is 53.1 Å². The molecule has 2 rings (SSSR count). The van der Waals surface area contributed by atoms with Crippen LogP contribution >= 0.6 is 0 Å². The van der Waals surface area contributed by atoms with Gasteiger partial charge in [0, 0.05) is 30.5 Å². The monoisotopic (exact) mass is 423 g/mol. The molecule has 1 atom stereocenters. The van der Waals surface area contributed by atoms with Crippen LogP contribution in [0.15, 0.2) is 36.4 Å². The van der Waals surface area contributed by atoms with Gasteiger partial charge in [-0.25, -0.2) is 10.6 Å². The van der Waals surface area contributed by atoms with E-state index in [0.717, 1.165) is 41.1 Å². The van der Waals surface area contributed by atoms with Crippen LogP contribution in [0.5, 0.6) is 5.75 Å². The van der Waals surface area contributed by atoms with Gasteiger partial charge in [-0.2, -0.15) is 5.26 Å². The maximum atomic E-state index is 12.2. The van der Waals surface area contributed by atoms with Crippen LogP contribution in [0.3, 0.4) is 0 Å². The van der Waals surface area contributed by atoms with Crippen LogP contribution in [0, 0.1) is 25.2 Å². The topological polar surface area (TPSA) is 94.6 Å². The molecule has 166 valence electrons. The zero-order chi connectivity index (χ0) is 23.0. The lowest BCUT2D eigenvalue weighted by Gasteiger charge is -2.33. The molecule has 31 heavy (non-hydrogen) atoms. The Morgan fingerprint density at radius 1 is 1.19 bits per heavy atom. The molecule has 2 aromatic rings. The Bertz CT molecular complexity index is 938. The van der Waals surface area contributed by atoms with Gasteiger partial charge < -0.3 is 15.0 Å². The van der Waals surface area contributed by atoms with E-state index in [9.17, 15) is 10.1 Å². The van der Waals surface area contributed by atoms with E-state index < -0.39 is 0 Å². The fourth-order valence-corrected chi connectivity index (χ4v) is 3.64. The summed E-state index contributed by atoms with van der Waals surface area (Å²) in [5.74, 6) is 6.55. The first-order valence-corrected chi connectivity index (χ1v) is 10.6. The molecule has 0 spiro atoms. The van der Waals surface area contributed by atoms with Gasteiger partial charge in [0.15, 0.2) is 0 Å². The molecule has 0 fully saturated rings. The number of nitriles is 1. The number of urea groups is 1. The summed E-state index contributed by atoms with van der Waals surface area (Å²) in [6.45, 7) is 9.26. The third-order valence-electron chi connectivity index (χ3n) is 5.33. The Kier molecular flexibility index (Phi) is 8.71. The fourth-order valence-electron chi connectivity index (χ4n) is 3.64. The molecule has 7 nitrogen and oxygen atoms in total. The van der Waals surface area contributed by atoms with Crippen molar-refractivity contribution in [3.63, 3.8) is 0 Å². The van der Waals surface area contributed by atoms with E-state index in [0.29, 0.717) is 18.7 Å². The first-order valence-electron chi connectivity index (χ1n) is 10.6. The Balaban J connectivity index is 2.37. The largest absolute Gasteiger partial charge is 0.497 e. The van der Waals surface area contributed by atoms with Crippen molar-refractivity contribution in [2.24, 2.45) is 5.84 Å². The number of nitrogens with two attached hydrogens (primary N) is 1. The molecular weight excluding hydrogens is 390 g/mol. The average Bonchev–Trinajstić information content (AvgIpc) is 2.76. The number of methoxy groups -OCH3 is 1. The number of amides is 2. The van der Waals surface area contributed by atoms with Crippen LogP contribution in [0.1, 0.15) is 49.4 Å². The van der Waals surface area contributed by atoms with Gasteiger partial charge in [-0.05, 0) is 56.0 Å². The minimum absolute atomic E-state index is 0.129. The molecule has 0 bridgehead atoms. The Morgan fingerprint density at radius 2 is 1.94 bits per heavy atom. The van der Waals surface area contributed by atoms with Crippen molar-refractivity contribution < 1.29 is 9.53 Å². The molecule has 0 saturated carbocycles. The van der Waals surface area contributed by atoms with E-state index in [4.69, 9.17) is 10.6 Å². The molecule has 1 unspecified atom stereocenters. The molecule has 0 radical (unpaired) electrons. The van der Waals surface area contributed by atoms with E-state index in [1.165, 1.54) is 5.01 Å². The molecule has 0 saturated heterocycles. The van der Waals surface area contributed by atoms with Gasteiger partial charge in [-0.3, -0.25) is 5.01 Å². The van der Waals surface area contributed by atoms with Gasteiger partial charge >= 0.3 is 6.03 Å². The number of rotatable bonds is 9. The number of carbonyl (C=O) groups is 1. The molecular formula is C24H33N5O2. The summed E-state index contributed by atoms with van der Waals surface area (Å²) < 4.78 is 5.41. The van der Waals surface area contributed by atoms with E-state index in [2.05, 4.69) is 30.1 Å². The SMILES string of the molecule is CCCN(N)C(=O)Nc1ccc(C(CC#N)N(CC)c2cc(OC)ccc2C)cc1C. The van der Waals surface area contributed by atoms with Gasteiger partial charge in [0.2, 0.25) is 0 Å². The molecule has 2 amide bonds. The molecule has 0 aliphatic heterocycles. The second-order valence-electron chi connectivity index (χ2n) is 7.51. The smallest absolute Gasteiger partial charge is 0.335 e. The van der Waals surface area contributed by atoms with Crippen molar-refractivity contribution in [1.29, 1.82) is 5.26 Å². The number of hydrazine groups is 1. The quantitative estimate of drug-likeness (QED) is 0.339. The second kappa shape index (κ2) is 11.2. The molecule has 0 aromatic heterocycles. The lowest BCUT2D eigenvalue weighted by molar-refractivity contribution is 0.213. The number of nitrogens with one attached hydrogen (secondary N) is 1. The third-order valence-corrected chi connectivity index (χ3v) is 5.33. The number of hydrogen-bond donors (Lipinski definition) is 2. The maximum Gasteiger partial charge on any atom is 0.335 e. The summed E-state index contributed by atoms with van der Waals surface area (Å²) in [5.41, 5.74) is 4.79. The number of ether oxygens (including phenoxy) is 1. The Hall–Kier alpha value is -3.24. The van der Waals surface area contributed by atoms with E-state index in [-0.39, 0.29) is 12.1 Å². The highest BCUT2D eigenvalue weighted by molar-refractivity contribution is 5.89. The van der Waals surface area contributed by atoms with Crippen molar-refractivity contribution in [3.8, 4) is 11.8 Å². The van der Waals surface area contributed by atoms with E-state index in [1.807, 2.05) is 50.2 Å². The first kappa shape index (κ1) is 24.0. The highest BCUT2D eigenvalue weighted by Gasteiger charge is 2.22. The molecule has 0 aliphatic carbocycles. The van der Waals surface area contributed by atoms with Crippen LogP contribution < -0.4 is 20.8 Å². The standard InChI is InChI=1S/C24H33N5O2/c1-6-14-29(26)24(30)27-21-11-9-19(15-18(21)4)22(12-13-25)28(7-2)23-16-20(31-5)10-8-17(23)3/h8-11,15-16,22H,6-7,12,14,26H2,1-5H3,(H,27,30). The van der Waals surface area contributed by atoms with Crippen LogP contribution in [-0.4, -0.2) is 31.2 Å². The number of anilines is 2. The van der Waals surface area contributed by atoms with Crippen LogP contribution in [0.25, 0.3) is 0 Å². The van der Waals surface area contributed by atoms with Gasteiger partial charge in [0.1, 0.15) is 5.75 Å². The van der Waals surface area contributed by atoms with Crippen molar-refractivity contribution in [2.75, 3.05) is 30.4 Å². The minimum Gasteiger partial charge on any atom is -0.497 e. The molecule has 2 aromatic carbocycles. The van der Waals surface area contributed by atoms with Crippen LogP contribution in [-0.2, 0) is 0 Å². The normalized spacial score (nSPS) is 11.4. The summed E-state index contributed by atoms with van der Waals surface area (Å²) in [6, 6.07) is 13.7. The van der Waals surface area contributed by atoms with E-state index >= 15 is 0 Å². The molecule has 0 aliphatic rings. The molecule has 0 heterocycles. The summed E-state index contributed by atoms with van der Waals surface area (Å²) in [4.78, 5) is 14.5. The molecule has 7 heteroatoms. The third kappa shape index (κ3) is 5.89. The first-order chi connectivity index (χ1) is 14.9. The maximum absolute atomic E-state index is 12.2. The lowest BCUT2D eigenvalue weighted by atomic mass is 9.98. The predicted octanol–water partition coefficient (Wildman–Crippen LogP) is 4.91. The van der Waals surface area contributed by atoms with Crippen LogP contribution in [0.4, 0.5) is 16.2 Å². The summed E-state index contributed by atoms with van der Waals surface area (Å²) >= 11 is 0. The lowest BCUT2D eigenvalue weighted by Crippen LogP contribution is -2.41. The predicted molar refractivity (Wildman–Crippen MR) is 125 cm³/mol. The number of aryl methyl sites for hydroxylation is 2.